The molecule has 22 heteroatoms. The Hall–Kier alpha value is -9.00. The number of allylic oxidation sites excluding steroid dienone is 3. The van der Waals surface area contributed by atoms with Gasteiger partial charge in [0.15, 0.2) is 0 Å². The Morgan fingerprint density at radius 2 is 1.05 bits per heavy atom. The van der Waals surface area contributed by atoms with E-state index in [-0.39, 0.29) is 79.9 Å². The molecule has 1 N–H and O–H groups in total. The van der Waals surface area contributed by atoms with E-state index < -0.39 is 42.8 Å². The molecule has 20 nitrogen and oxygen atoms in total. The normalized spacial score (nSPS) is 11.8. The van der Waals surface area contributed by atoms with Gasteiger partial charge in [-0.05, 0) is 139 Å². The molecular formula is C54H42N2O18S2. The summed E-state index contributed by atoms with van der Waals surface area (Å²) in [6.07, 6.45) is 2.62. The SMILES string of the molecule is [C-]#[N+]/C(C#N)=C1/Sc2c(OC(=O)c3ccc(OC(=O)c4ccc(OC(=O)OCCCCOC(=O)C=C)cc4)cc3)ccc(OC(=O)c3ccc(OC(=O)c4ccc(C(=C)CCCC(=C)OOOCOO)cc4)cc3)c2S1. The highest BCUT2D eigenvalue weighted by molar-refractivity contribution is 8.24. The molecule has 0 saturated heterocycles. The van der Waals surface area contributed by atoms with Crippen molar-refractivity contribution in [3.63, 3.8) is 0 Å². The molecule has 5 aromatic rings. The molecule has 0 bridgehead atoms. The molecule has 0 spiro atoms. The van der Waals surface area contributed by atoms with E-state index in [1.807, 2.05) is 6.07 Å². The van der Waals surface area contributed by atoms with Crippen molar-refractivity contribution in [3.8, 4) is 34.8 Å². The van der Waals surface area contributed by atoms with Gasteiger partial charge >= 0.3 is 36.0 Å². The Balaban J connectivity index is 1.01. The van der Waals surface area contributed by atoms with Gasteiger partial charge in [0.25, 0.3) is 5.70 Å². The molecule has 1 aliphatic rings. The molecule has 6 rings (SSSR count). The van der Waals surface area contributed by atoms with E-state index in [1.54, 1.807) is 24.3 Å². The Kier molecular flexibility index (Phi) is 21.1. The molecule has 0 amide bonds. The van der Waals surface area contributed by atoms with Crippen molar-refractivity contribution in [2.75, 3.05) is 20.0 Å². The Bertz CT molecular complexity index is 3090. The van der Waals surface area contributed by atoms with Gasteiger partial charge in [-0.3, -0.25) is 0 Å². The van der Waals surface area contributed by atoms with E-state index in [9.17, 15) is 34.0 Å². The monoisotopic (exact) mass is 1070 g/mol. The topological polar surface area (TPSA) is 252 Å². The lowest BCUT2D eigenvalue weighted by atomic mass is 10.0. The number of thioether (sulfide) groups is 2. The molecule has 0 saturated carbocycles. The summed E-state index contributed by atoms with van der Waals surface area (Å²) in [5.74, 6) is -2.80. The highest BCUT2D eigenvalue weighted by atomic mass is 32.2. The van der Waals surface area contributed by atoms with Crippen LogP contribution in [0.5, 0.6) is 28.7 Å². The molecule has 0 aromatic heterocycles. The predicted molar refractivity (Wildman–Crippen MR) is 269 cm³/mol. The number of fused-ring (bicyclic) bond motifs is 1. The van der Waals surface area contributed by atoms with Gasteiger partial charge < -0.3 is 38.0 Å². The van der Waals surface area contributed by atoms with Crippen LogP contribution in [0.2, 0.25) is 0 Å². The van der Waals surface area contributed by atoms with Gasteiger partial charge in [-0.15, -0.1) is 0 Å². The minimum absolute atomic E-state index is 0.0335. The zero-order valence-corrected chi connectivity index (χ0v) is 41.5. The van der Waals surface area contributed by atoms with Crippen molar-refractivity contribution in [2.24, 2.45) is 0 Å². The molecule has 388 valence electrons. The first-order valence-corrected chi connectivity index (χ1v) is 24.0. The van der Waals surface area contributed by atoms with Gasteiger partial charge in [0.1, 0.15) is 34.5 Å². The lowest BCUT2D eigenvalue weighted by Crippen LogP contribution is -2.13. The fourth-order valence-corrected chi connectivity index (χ4v) is 8.75. The quantitative estimate of drug-likeness (QED) is 0.00487. The fraction of sp³-hybridized carbons (Fsp3) is 0.148. The Morgan fingerprint density at radius 1 is 0.605 bits per heavy atom. The number of unbranched alkanes of at least 4 members (excludes halogenated alkanes) is 1. The van der Waals surface area contributed by atoms with Crippen LogP contribution in [0.3, 0.4) is 0 Å². The van der Waals surface area contributed by atoms with Crippen molar-refractivity contribution >= 4 is 65.1 Å². The van der Waals surface area contributed by atoms with Gasteiger partial charge in [0, 0.05) is 12.5 Å². The number of rotatable bonds is 25. The van der Waals surface area contributed by atoms with Crippen LogP contribution in [-0.4, -0.2) is 61.3 Å². The van der Waals surface area contributed by atoms with Crippen LogP contribution in [0, 0.1) is 17.9 Å². The van der Waals surface area contributed by atoms with Gasteiger partial charge in [-0.25, -0.2) is 49.0 Å². The highest BCUT2D eigenvalue weighted by Crippen LogP contribution is 2.59. The van der Waals surface area contributed by atoms with Gasteiger partial charge in [-0.2, -0.15) is 4.89 Å². The Morgan fingerprint density at radius 3 is 1.51 bits per heavy atom. The van der Waals surface area contributed by atoms with Crippen LogP contribution in [-0.2, 0) is 34.0 Å². The summed E-state index contributed by atoms with van der Waals surface area (Å²) in [5, 5.41) is 22.2. The summed E-state index contributed by atoms with van der Waals surface area (Å²) in [4.78, 5) is 92.5. The number of nitrogens with zero attached hydrogens (tertiary/aromatic N) is 2. The number of hydrogen-bond donors (Lipinski definition) is 1. The van der Waals surface area contributed by atoms with E-state index in [0.29, 0.717) is 41.9 Å². The van der Waals surface area contributed by atoms with Crippen molar-refractivity contribution < 1.29 is 86.9 Å². The molecule has 0 atom stereocenters. The smallest absolute Gasteiger partial charge is 0.463 e. The van der Waals surface area contributed by atoms with E-state index in [0.717, 1.165) is 40.7 Å². The van der Waals surface area contributed by atoms with Gasteiger partial charge in [0.05, 0.1) is 62.1 Å². The molecule has 1 aliphatic heterocycles. The molecule has 0 unspecified atom stereocenters. The van der Waals surface area contributed by atoms with Crippen LogP contribution in [0.4, 0.5) is 4.79 Å². The standard InChI is InChI=1S/C54H42N2O18S2/c1-5-46(57)64-29-6-7-30-65-54(62)70-42-25-19-37(20-26-42)50(59)69-41-23-17-39(18-24-41)52(61)72-45-28-27-44(47-48(45)76-53(75-47)43(31-55)56-4)71-51(60)38-15-21-40(22-16-38)68-49(58)36-13-11-35(12-14-36)33(2)9-8-10-34(3)73-74-67-32-66-63/h5,11-28,63H,1-3,6-10,29-30,32H2/b53-43+. The molecular weight excluding hydrogens is 1030 g/mol. The summed E-state index contributed by atoms with van der Waals surface area (Å²) < 4.78 is 37.7. The molecule has 1 heterocycles. The van der Waals surface area contributed by atoms with Crippen molar-refractivity contribution in [2.45, 2.75) is 41.9 Å². The first-order chi connectivity index (χ1) is 36.8. The van der Waals surface area contributed by atoms with E-state index >= 15 is 0 Å². The third kappa shape index (κ3) is 16.5. The number of benzene rings is 5. The summed E-state index contributed by atoms with van der Waals surface area (Å²) >= 11 is 1.97. The zero-order chi connectivity index (χ0) is 54.4. The highest BCUT2D eigenvalue weighted by Gasteiger charge is 2.31. The lowest BCUT2D eigenvalue weighted by Gasteiger charge is -2.12. The molecule has 0 radical (unpaired) electrons. The summed E-state index contributed by atoms with van der Waals surface area (Å²) in [6, 6.07) is 27.9. The van der Waals surface area contributed by atoms with Crippen LogP contribution in [0.1, 0.15) is 79.1 Å². The Labute approximate surface area is 442 Å². The first-order valence-electron chi connectivity index (χ1n) is 22.3. The third-order valence-corrected chi connectivity index (χ3v) is 12.7. The van der Waals surface area contributed by atoms with Crippen LogP contribution in [0.25, 0.3) is 10.4 Å². The maximum absolute atomic E-state index is 13.4. The second-order valence-corrected chi connectivity index (χ2v) is 17.6. The molecule has 0 aliphatic carbocycles. The van der Waals surface area contributed by atoms with Gasteiger partial charge in [-0.1, -0.05) is 55.4 Å². The van der Waals surface area contributed by atoms with E-state index in [1.165, 1.54) is 84.9 Å². The number of esters is 5. The summed E-state index contributed by atoms with van der Waals surface area (Å²) in [5.41, 5.74) is 1.93. The van der Waals surface area contributed by atoms with Crippen LogP contribution >= 0.6 is 23.5 Å². The maximum atomic E-state index is 13.4. The second-order valence-electron chi connectivity index (χ2n) is 15.3. The van der Waals surface area contributed by atoms with Gasteiger partial charge in [0.2, 0.25) is 6.79 Å². The molecule has 0 fully saturated rings. The zero-order valence-electron chi connectivity index (χ0n) is 39.8. The molecule has 76 heavy (non-hydrogen) atoms. The average molecular weight is 1070 g/mol. The number of ether oxygens (including phenoxy) is 7. The van der Waals surface area contributed by atoms with Crippen molar-refractivity contribution in [1.29, 1.82) is 5.26 Å². The maximum Gasteiger partial charge on any atom is 0.513 e. The summed E-state index contributed by atoms with van der Waals surface area (Å²) in [6.45, 7) is 18.2. The number of nitriles is 1. The third-order valence-electron chi connectivity index (χ3n) is 10.1. The first kappa shape index (κ1) is 56.3. The minimum atomic E-state index is -0.960. The van der Waals surface area contributed by atoms with E-state index in [4.69, 9.17) is 49.9 Å². The fourth-order valence-electron chi connectivity index (χ4n) is 6.28. The number of hydrogen-bond acceptors (Lipinski definition) is 21. The van der Waals surface area contributed by atoms with Crippen molar-refractivity contribution in [1.82, 2.24) is 0 Å². The predicted octanol–water partition coefficient (Wildman–Crippen LogP) is 11.4. The van der Waals surface area contributed by atoms with E-state index in [2.05, 4.69) is 39.4 Å². The largest absolute Gasteiger partial charge is 0.513 e. The average Bonchev–Trinajstić information content (AvgIpc) is 3.89. The molecule has 5 aromatic carbocycles. The van der Waals surface area contributed by atoms with Crippen LogP contribution in [0.15, 0.2) is 160 Å². The number of carbonyl (C=O) groups excluding carboxylic acids is 6. The lowest BCUT2D eigenvalue weighted by molar-refractivity contribution is -0.531. The van der Waals surface area contributed by atoms with Crippen LogP contribution < -0.4 is 23.7 Å². The van der Waals surface area contributed by atoms with Crippen molar-refractivity contribution in [3.05, 3.63) is 190 Å². The summed E-state index contributed by atoms with van der Waals surface area (Å²) in [7, 11) is 0. The number of carbonyl (C=O) groups is 6. The minimum Gasteiger partial charge on any atom is -0.463 e. The second kappa shape index (κ2) is 28.5.